The molecule has 1 fully saturated rings. The lowest BCUT2D eigenvalue weighted by molar-refractivity contribution is 0.180. The van der Waals surface area contributed by atoms with Crippen LogP contribution in [0.4, 0.5) is 0 Å². The number of nitrogens with one attached hydrogen (secondary N) is 1. The molecule has 5 rings (SSSR count). The van der Waals surface area contributed by atoms with Crippen molar-refractivity contribution in [1.82, 2.24) is 10.2 Å². The summed E-state index contributed by atoms with van der Waals surface area (Å²) in [5, 5.41) is 8.94. The molecule has 2 aliphatic rings. The fourth-order valence-electron chi connectivity index (χ4n) is 5.79. The lowest BCUT2D eigenvalue weighted by atomic mass is 9.82. The van der Waals surface area contributed by atoms with Crippen LogP contribution in [0.3, 0.4) is 0 Å². The van der Waals surface area contributed by atoms with E-state index in [9.17, 15) is 0 Å². The van der Waals surface area contributed by atoms with Gasteiger partial charge in [-0.3, -0.25) is 4.90 Å². The van der Waals surface area contributed by atoms with Gasteiger partial charge in [-0.15, -0.1) is 0 Å². The molecule has 3 aromatic carbocycles. The molecule has 0 saturated carbocycles. The van der Waals surface area contributed by atoms with Gasteiger partial charge in [0, 0.05) is 18.6 Å². The molecule has 0 bridgehead atoms. The first kappa shape index (κ1) is 21.4. The maximum Gasteiger partial charge on any atom is 0.161 e. The highest BCUT2D eigenvalue weighted by Crippen LogP contribution is 2.47. The van der Waals surface area contributed by atoms with Gasteiger partial charge in [0.05, 0.1) is 21.3 Å². The maximum atomic E-state index is 5.71. The van der Waals surface area contributed by atoms with Crippen molar-refractivity contribution in [1.29, 1.82) is 0 Å². The zero-order valence-corrected chi connectivity index (χ0v) is 19.7. The minimum absolute atomic E-state index is 0.334. The first-order valence-corrected chi connectivity index (χ1v) is 11.9. The standard InChI is InChI=1S/C27H34N2O3/c1-5-6-11-28-27-23-8-7-12-29(23)16-22-21-15-25(32-4)24(31-3)14-20(21)19-13-17(30-2)9-10-18(19)26(22)27/h9-10,13-15,23,27-28H,5-8,11-12,16H2,1-4H3. The molecular formula is C27H34N2O3. The number of unbranched alkanes of at least 4 members (excludes halogenated alkanes) is 1. The normalized spacial score (nSPS) is 20.4. The molecule has 0 amide bonds. The fraction of sp³-hybridized carbons (Fsp3) is 0.481. The molecule has 0 aliphatic carbocycles. The van der Waals surface area contributed by atoms with Crippen LogP contribution in [0, 0.1) is 0 Å². The molecule has 5 nitrogen and oxygen atoms in total. The number of hydrogen-bond acceptors (Lipinski definition) is 5. The Morgan fingerprint density at radius 1 is 0.938 bits per heavy atom. The molecule has 2 atom stereocenters. The second-order valence-corrected chi connectivity index (χ2v) is 9.02. The van der Waals surface area contributed by atoms with Crippen molar-refractivity contribution in [2.24, 2.45) is 0 Å². The van der Waals surface area contributed by atoms with Crippen molar-refractivity contribution in [2.45, 2.75) is 51.2 Å². The van der Waals surface area contributed by atoms with Crippen LogP contribution in [0.15, 0.2) is 30.3 Å². The number of rotatable bonds is 7. The number of benzene rings is 3. The summed E-state index contributed by atoms with van der Waals surface area (Å²) in [5.74, 6) is 2.42. The van der Waals surface area contributed by atoms with Gasteiger partial charge in [-0.25, -0.2) is 0 Å². The highest BCUT2D eigenvalue weighted by atomic mass is 16.5. The van der Waals surface area contributed by atoms with Gasteiger partial charge in [0.15, 0.2) is 11.5 Å². The van der Waals surface area contributed by atoms with E-state index in [4.69, 9.17) is 14.2 Å². The minimum Gasteiger partial charge on any atom is -0.497 e. The van der Waals surface area contributed by atoms with Crippen molar-refractivity contribution in [3.63, 3.8) is 0 Å². The van der Waals surface area contributed by atoms with E-state index >= 15 is 0 Å². The zero-order valence-electron chi connectivity index (χ0n) is 19.7. The molecule has 1 N–H and O–H groups in total. The Morgan fingerprint density at radius 2 is 1.69 bits per heavy atom. The highest BCUT2D eigenvalue weighted by molar-refractivity contribution is 6.12. The van der Waals surface area contributed by atoms with Crippen LogP contribution in [0.5, 0.6) is 17.2 Å². The molecule has 0 aromatic heterocycles. The molecule has 5 heteroatoms. The summed E-state index contributed by atoms with van der Waals surface area (Å²) < 4.78 is 17.0. The molecule has 170 valence electrons. The van der Waals surface area contributed by atoms with Crippen molar-refractivity contribution in [3.05, 3.63) is 41.5 Å². The molecule has 3 aromatic rings. The number of nitrogens with zero attached hydrogens (tertiary/aromatic N) is 1. The van der Waals surface area contributed by atoms with E-state index in [1.54, 1.807) is 21.3 Å². The van der Waals surface area contributed by atoms with Gasteiger partial charge in [-0.2, -0.15) is 0 Å². The van der Waals surface area contributed by atoms with E-state index in [1.165, 1.54) is 64.9 Å². The average molecular weight is 435 g/mol. The fourth-order valence-corrected chi connectivity index (χ4v) is 5.79. The van der Waals surface area contributed by atoms with E-state index in [2.05, 4.69) is 47.5 Å². The summed E-state index contributed by atoms with van der Waals surface area (Å²) in [6, 6.07) is 11.7. The second-order valence-electron chi connectivity index (χ2n) is 9.02. The molecule has 1 saturated heterocycles. The first-order valence-electron chi connectivity index (χ1n) is 11.9. The van der Waals surface area contributed by atoms with Crippen LogP contribution < -0.4 is 19.5 Å². The van der Waals surface area contributed by atoms with E-state index in [0.717, 1.165) is 30.3 Å². The molecule has 2 unspecified atom stereocenters. The lowest BCUT2D eigenvalue weighted by Crippen LogP contribution is -2.45. The predicted octanol–water partition coefficient (Wildman–Crippen LogP) is 5.43. The Hall–Kier alpha value is -2.50. The third kappa shape index (κ3) is 3.39. The maximum absolute atomic E-state index is 5.71. The van der Waals surface area contributed by atoms with Crippen LogP contribution in [-0.2, 0) is 6.54 Å². The van der Waals surface area contributed by atoms with Gasteiger partial charge in [-0.1, -0.05) is 19.4 Å². The van der Waals surface area contributed by atoms with Crippen LogP contribution in [-0.4, -0.2) is 45.4 Å². The largest absolute Gasteiger partial charge is 0.497 e. The summed E-state index contributed by atoms with van der Waals surface area (Å²) in [7, 11) is 5.15. The molecule has 0 spiro atoms. The first-order chi connectivity index (χ1) is 15.7. The summed E-state index contributed by atoms with van der Waals surface area (Å²) in [4.78, 5) is 2.68. The number of ether oxygens (including phenoxy) is 3. The van der Waals surface area contributed by atoms with Gasteiger partial charge >= 0.3 is 0 Å². The summed E-state index contributed by atoms with van der Waals surface area (Å²) in [5.41, 5.74) is 2.88. The predicted molar refractivity (Wildman–Crippen MR) is 130 cm³/mol. The topological polar surface area (TPSA) is 43.0 Å². The van der Waals surface area contributed by atoms with Gasteiger partial charge in [-0.05, 0) is 89.3 Å². The van der Waals surface area contributed by atoms with E-state index in [-0.39, 0.29) is 0 Å². The van der Waals surface area contributed by atoms with Crippen LogP contribution in [0.2, 0.25) is 0 Å². The van der Waals surface area contributed by atoms with Gasteiger partial charge in [0.1, 0.15) is 5.75 Å². The second kappa shape index (κ2) is 8.80. The summed E-state index contributed by atoms with van der Waals surface area (Å²) in [6.07, 6.45) is 4.92. The summed E-state index contributed by atoms with van der Waals surface area (Å²) in [6.45, 7) is 5.46. The molecule has 0 radical (unpaired) electrons. The molecule has 2 heterocycles. The third-order valence-electron chi connectivity index (χ3n) is 7.35. The Morgan fingerprint density at radius 3 is 2.41 bits per heavy atom. The SMILES string of the molecule is CCCCNC1c2c(c3cc(OC)c(OC)cc3c3cc(OC)ccc23)CN2CCCC12. The van der Waals surface area contributed by atoms with Crippen molar-refractivity contribution in [2.75, 3.05) is 34.4 Å². The van der Waals surface area contributed by atoms with Crippen LogP contribution >= 0.6 is 0 Å². The monoisotopic (exact) mass is 434 g/mol. The third-order valence-corrected chi connectivity index (χ3v) is 7.35. The molecule has 2 aliphatic heterocycles. The Balaban J connectivity index is 1.83. The van der Waals surface area contributed by atoms with Gasteiger partial charge < -0.3 is 19.5 Å². The van der Waals surface area contributed by atoms with E-state index < -0.39 is 0 Å². The Kier molecular flexibility index (Phi) is 5.87. The lowest BCUT2D eigenvalue weighted by Gasteiger charge is -2.40. The van der Waals surface area contributed by atoms with E-state index in [0.29, 0.717) is 12.1 Å². The van der Waals surface area contributed by atoms with Gasteiger partial charge in [0.25, 0.3) is 0 Å². The number of hydrogen-bond donors (Lipinski definition) is 1. The number of methoxy groups -OCH3 is 3. The number of fused-ring (bicyclic) bond motifs is 7. The van der Waals surface area contributed by atoms with Crippen molar-refractivity contribution < 1.29 is 14.2 Å². The summed E-state index contributed by atoms with van der Waals surface area (Å²) >= 11 is 0. The quantitative estimate of drug-likeness (QED) is 0.397. The van der Waals surface area contributed by atoms with E-state index in [1.807, 2.05) is 0 Å². The minimum atomic E-state index is 0.334. The van der Waals surface area contributed by atoms with Crippen LogP contribution in [0.1, 0.15) is 49.8 Å². The smallest absolute Gasteiger partial charge is 0.161 e. The van der Waals surface area contributed by atoms with Gasteiger partial charge in [0.2, 0.25) is 0 Å². The average Bonchev–Trinajstić information content (AvgIpc) is 3.31. The Bertz CT molecular complexity index is 1140. The highest BCUT2D eigenvalue weighted by Gasteiger charge is 2.39. The van der Waals surface area contributed by atoms with Crippen molar-refractivity contribution in [3.8, 4) is 17.2 Å². The van der Waals surface area contributed by atoms with Crippen molar-refractivity contribution >= 4 is 21.5 Å². The molecular weight excluding hydrogens is 400 g/mol. The zero-order chi connectivity index (χ0) is 22.2. The van der Waals surface area contributed by atoms with Crippen LogP contribution in [0.25, 0.3) is 21.5 Å². The molecule has 32 heavy (non-hydrogen) atoms. The Labute approximate surface area is 190 Å².